The Morgan fingerprint density at radius 1 is 1.21 bits per heavy atom. The molecule has 2 aromatic rings. The second-order valence-electron chi connectivity index (χ2n) is 6.34. The molecule has 2 rings (SSSR count). The van der Waals surface area contributed by atoms with Crippen molar-refractivity contribution in [1.29, 1.82) is 5.26 Å². The van der Waals surface area contributed by atoms with E-state index in [-0.39, 0.29) is 36.1 Å². The minimum Gasteiger partial charge on any atom is -0.357 e. The SMILES string of the molecule is CCNC(=NCc1ccc(S(C)(=O)=O)c(C)c1)NCc1ccc(C#N)cc1F.I. The molecule has 0 fully saturated rings. The molecule has 156 valence electrons. The largest absolute Gasteiger partial charge is 0.357 e. The minimum atomic E-state index is -3.25. The van der Waals surface area contributed by atoms with Gasteiger partial charge in [0, 0.05) is 24.9 Å². The topological polar surface area (TPSA) is 94.3 Å². The Labute approximate surface area is 188 Å². The fraction of sp³-hybridized carbons (Fsp3) is 0.300. The van der Waals surface area contributed by atoms with E-state index in [1.807, 2.05) is 13.0 Å². The molecule has 0 bridgehead atoms. The van der Waals surface area contributed by atoms with Crippen LogP contribution >= 0.6 is 24.0 Å². The Morgan fingerprint density at radius 3 is 2.48 bits per heavy atom. The monoisotopic (exact) mass is 530 g/mol. The van der Waals surface area contributed by atoms with Gasteiger partial charge in [-0.2, -0.15) is 5.26 Å². The molecule has 0 aliphatic carbocycles. The number of halogens is 2. The van der Waals surface area contributed by atoms with E-state index in [1.54, 1.807) is 37.3 Å². The molecule has 2 aromatic carbocycles. The number of sulfone groups is 1. The molecule has 2 N–H and O–H groups in total. The van der Waals surface area contributed by atoms with Crippen LogP contribution in [0.25, 0.3) is 0 Å². The quantitative estimate of drug-likeness (QED) is 0.340. The Hall–Kier alpha value is -2.19. The van der Waals surface area contributed by atoms with Crippen LogP contribution in [0.1, 0.15) is 29.2 Å². The summed E-state index contributed by atoms with van der Waals surface area (Å²) in [6.07, 6.45) is 1.18. The van der Waals surface area contributed by atoms with Crippen LogP contribution in [0, 0.1) is 24.1 Å². The van der Waals surface area contributed by atoms with Crippen LogP contribution in [0.4, 0.5) is 4.39 Å². The summed E-state index contributed by atoms with van der Waals surface area (Å²) in [6, 6.07) is 11.4. The van der Waals surface area contributed by atoms with Gasteiger partial charge in [-0.05, 0) is 43.2 Å². The number of nitriles is 1. The molecule has 0 saturated heterocycles. The molecule has 0 heterocycles. The number of guanidine groups is 1. The first kappa shape index (κ1) is 24.8. The van der Waals surface area contributed by atoms with Crippen molar-refractivity contribution in [3.05, 3.63) is 64.5 Å². The summed E-state index contributed by atoms with van der Waals surface area (Å²) in [7, 11) is -3.25. The molecule has 0 aliphatic rings. The van der Waals surface area contributed by atoms with Crippen LogP contribution in [0.5, 0.6) is 0 Å². The lowest BCUT2D eigenvalue weighted by Gasteiger charge is -2.12. The van der Waals surface area contributed by atoms with Gasteiger partial charge < -0.3 is 10.6 Å². The van der Waals surface area contributed by atoms with Crippen LogP contribution in [0.15, 0.2) is 46.3 Å². The molecule has 0 spiro atoms. The molecule has 0 atom stereocenters. The van der Waals surface area contributed by atoms with Crippen molar-refractivity contribution >= 4 is 39.8 Å². The van der Waals surface area contributed by atoms with Crippen molar-refractivity contribution in [3.63, 3.8) is 0 Å². The summed E-state index contributed by atoms with van der Waals surface area (Å²) in [5, 5.41) is 14.9. The number of aryl methyl sites for hydroxylation is 1. The van der Waals surface area contributed by atoms with Crippen molar-refractivity contribution in [3.8, 4) is 6.07 Å². The summed E-state index contributed by atoms with van der Waals surface area (Å²) >= 11 is 0. The molecule has 6 nitrogen and oxygen atoms in total. The maximum Gasteiger partial charge on any atom is 0.191 e. The maximum absolute atomic E-state index is 14.0. The summed E-state index contributed by atoms with van der Waals surface area (Å²) in [4.78, 5) is 4.77. The lowest BCUT2D eigenvalue weighted by molar-refractivity contribution is 0.601. The zero-order valence-corrected chi connectivity index (χ0v) is 19.6. The molecular formula is C20H24FIN4O2S. The summed E-state index contributed by atoms with van der Waals surface area (Å²) < 4.78 is 37.4. The third kappa shape index (κ3) is 7.29. The van der Waals surface area contributed by atoms with Crippen molar-refractivity contribution in [2.24, 2.45) is 4.99 Å². The third-order valence-electron chi connectivity index (χ3n) is 4.03. The highest BCUT2D eigenvalue weighted by Crippen LogP contribution is 2.17. The van der Waals surface area contributed by atoms with Crippen molar-refractivity contribution in [2.45, 2.75) is 31.8 Å². The first-order valence-corrected chi connectivity index (χ1v) is 10.6. The van der Waals surface area contributed by atoms with Gasteiger partial charge in [0.15, 0.2) is 15.8 Å². The first-order valence-electron chi connectivity index (χ1n) is 8.75. The number of rotatable bonds is 6. The number of hydrogen-bond donors (Lipinski definition) is 2. The molecule has 0 aliphatic heterocycles. The van der Waals surface area contributed by atoms with Gasteiger partial charge >= 0.3 is 0 Å². The van der Waals surface area contributed by atoms with E-state index >= 15 is 0 Å². The van der Waals surface area contributed by atoms with E-state index in [2.05, 4.69) is 15.6 Å². The van der Waals surface area contributed by atoms with E-state index in [0.29, 0.717) is 35.1 Å². The Morgan fingerprint density at radius 2 is 1.93 bits per heavy atom. The predicted octanol–water partition coefficient (Wildman–Crippen LogP) is 3.28. The summed E-state index contributed by atoms with van der Waals surface area (Å²) in [6.45, 7) is 4.87. The zero-order chi connectivity index (χ0) is 20.7. The highest BCUT2D eigenvalue weighted by molar-refractivity contribution is 14.0. The molecule has 9 heteroatoms. The number of nitrogens with zero attached hydrogens (tertiary/aromatic N) is 2. The van der Waals surface area contributed by atoms with E-state index in [4.69, 9.17) is 5.26 Å². The fourth-order valence-corrected chi connectivity index (χ4v) is 3.64. The molecular weight excluding hydrogens is 506 g/mol. The number of hydrogen-bond acceptors (Lipinski definition) is 4. The lowest BCUT2D eigenvalue weighted by Crippen LogP contribution is -2.37. The number of nitrogens with one attached hydrogen (secondary N) is 2. The van der Waals surface area contributed by atoms with Crippen LogP contribution in [0.2, 0.25) is 0 Å². The van der Waals surface area contributed by atoms with Crippen LogP contribution in [0.3, 0.4) is 0 Å². The van der Waals surface area contributed by atoms with E-state index < -0.39 is 15.7 Å². The smallest absolute Gasteiger partial charge is 0.191 e. The predicted molar refractivity (Wildman–Crippen MR) is 122 cm³/mol. The summed E-state index contributed by atoms with van der Waals surface area (Å²) in [5.74, 6) is 0.0606. The molecule has 0 aromatic heterocycles. The maximum atomic E-state index is 14.0. The van der Waals surface area contributed by atoms with Crippen molar-refractivity contribution in [1.82, 2.24) is 10.6 Å². The molecule has 29 heavy (non-hydrogen) atoms. The first-order chi connectivity index (χ1) is 13.2. The molecule has 0 amide bonds. The molecule has 0 radical (unpaired) electrons. The molecule has 0 unspecified atom stereocenters. The van der Waals surface area contributed by atoms with Crippen LogP contribution in [-0.2, 0) is 22.9 Å². The standard InChI is InChI=1S/C20H23FN4O2S.HI/c1-4-23-20(25-13-17-7-5-15(11-22)10-18(17)21)24-12-16-6-8-19(14(2)9-16)28(3,26)27;/h5-10H,4,12-13H2,1-3H3,(H2,23,24,25);1H. The highest BCUT2D eigenvalue weighted by Gasteiger charge is 2.11. The van der Waals surface area contributed by atoms with E-state index in [1.165, 1.54) is 12.3 Å². The van der Waals surface area contributed by atoms with Crippen molar-refractivity contribution < 1.29 is 12.8 Å². The van der Waals surface area contributed by atoms with Gasteiger partial charge in [0.2, 0.25) is 0 Å². The Kier molecular flexibility index (Phi) is 9.52. The van der Waals surface area contributed by atoms with Gasteiger partial charge in [0.1, 0.15) is 5.82 Å². The van der Waals surface area contributed by atoms with E-state index in [0.717, 1.165) is 5.56 Å². The minimum absolute atomic E-state index is 0. The van der Waals surface area contributed by atoms with Gasteiger partial charge in [-0.15, -0.1) is 24.0 Å². The van der Waals surface area contributed by atoms with Gasteiger partial charge in [-0.25, -0.2) is 17.8 Å². The highest BCUT2D eigenvalue weighted by atomic mass is 127. The number of benzene rings is 2. The average molecular weight is 530 g/mol. The van der Waals surface area contributed by atoms with Gasteiger partial charge in [-0.3, -0.25) is 0 Å². The average Bonchev–Trinajstić information content (AvgIpc) is 2.63. The van der Waals surface area contributed by atoms with E-state index in [9.17, 15) is 12.8 Å². The van der Waals surface area contributed by atoms with Crippen LogP contribution < -0.4 is 10.6 Å². The van der Waals surface area contributed by atoms with Gasteiger partial charge in [0.05, 0.1) is 23.1 Å². The fourth-order valence-electron chi connectivity index (χ4n) is 2.68. The summed E-state index contributed by atoms with van der Waals surface area (Å²) in [5.41, 5.74) is 2.24. The number of aliphatic imine (C=N–C) groups is 1. The Balaban J connectivity index is 0.00000420. The van der Waals surface area contributed by atoms with Crippen molar-refractivity contribution in [2.75, 3.05) is 12.8 Å². The van der Waals surface area contributed by atoms with Crippen LogP contribution in [-0.4, -0.2) is 27.2 Å². The van der Waals surface area contributed by atoms with Gasteiger partial charge in [-0.1, -0.05) is 18.2 Å². The lowest BCUT2D eigenvalue weighted by atomic mass is 10.1. The van der Waals surface area contributed by atoms with Gasteiger partial charge in [0.25, 0.3) is 0 Å². The molecule has 0 saturated carbocycles. The normalized spacial score (nSPS) is 11.3. The zero-order valence-electron chi connectivity index (χ0n) is 16.5. The third-order valence-corrected chi connectivity index (χ3v) is 5.29. The second-order valence-corrected chi connectivity index (χ2v) is 8.32. The second kappa shape index (κ2) is 11.1. The Bertz CT molecular complexity index is 1030.